The molecule has 0 spiro atoms. The molecule has 4 nitrogen and oxygen atoms in total. The minimum atomic E-state index is -1.10. The number of rotatable bonds is 4. The molecule has 2 aliphatic rings. The molecule has 1 heterocycles. The van der Waals surface area contributed by atoms with Crippen molar-refractivity contribution in [1.82, 2.24) is 5.32 Å². The predicted octanol–water partition coefficient (Wildman–Crippen LogP) is 1.36. The molecule has 2 fully saturated rings. The molecule has 5 heteroatoms. The fourth-order valence-corrected chi connectivity index (χ4v) is 4.23. The van der Waals surface area contributed by atoms with E-state index in [1.807, 2.05) is 6.92 Å². The van der Waals surface area contributed by atoms with E-state index in [0.717, 1.165) is 19.3 Å². The number of hydrogen-bond acceptors (Lipinski definition) is 3. The van der Waals surface area contributed by atoms with E-state index in [-0.39, 0.29) is 23.0 Å². The summed E-state index contributed by atoms with van der Waals surface area (Å²) < 4.78 is 17.5. The molecule has 0 unspecified atom stereocenters. The number of amides is 1. The second kappa shape index (κ2) is 6.66. The van der Waals surface area contributed by atoms with E-state index in [2.05, 4.69) is 5.32 Å². The highest BCUT2D eigenvalue weighted by Gasteiger charge is 2.30. The zero-order chi connectivity index (χ0) is 13.0. The number of carbonyl (C=O) groups excluding carboxylic acids is 1. The van der Waals surface area contributed by atoms with Gasteiger partial charge in [0.15, 0.2) is 0 Å². The number of ether oxygens (including phenoxy) is 1. The average molecular weight is 273 g/mol. The molecule has 2 rings (SSSR count). The van der Waals surface area contributed by atoms with Gasteiger partial charge in [0, 0.05) is 23.4 Å². The van der Waals surface area contributed by atoms with Crippen LogP contribution in [0, 0.1) is 0 Å². The second-order valence-corrected chi connectivity index (χ2v) is 6.99. The minimum absolute atomic E-state index is 0.0216. The first kappa shape index (κ1) is 14.0. The van der Waals surface area contributed by atoms with Crippen molar-refractivity contribution in [3.63, 3.8) is 0 Å². The summed E-state index contributed by atoms with van der Waals surface area (Å²) in [5.74, 6) is 0.0776. The molecule has 1 aliphatic heterocycles. The molecular weight excluding hydrogens is 250 g/mol. The first-order valence-corrected chi connectivity index (χ1v) is 8.33. The summed E-state index contributed by atoms with van der Waals surface area (Å²) in [5.41, 5.74) is 0. The highest BCUT2D eigenvalue weighted by atomic mass is 32.2. The van der Waals surface area contributed by atoms with Crippen molar-refractivity contribution in [2.75, 3.05) is 12.4 Å². The van der Waals surface area contributed by atoms with Crippen molar-refractivity contribution >= 4 is 16.7 Å². The Kier molecular flexibility index (Phi) is 5.18. The number of hydrogen-bond donors (Lipinski definition) is 1. The molecule has 1 saturated carbocycles. The van der Waals surface area contributed by atoms with Crippen LogP contribution in [0.5, 0.6) is 0 Å². The van der Waals surface area contributed by atoms with E-state index in [1.54, 1.807) is 0 Å². The largest absolute Gasteiger partial charge is 0.377 e. The highest BCUT2D eigenvalue weighted by molar-refractivity contribution is 7.86. The Bertz CT molecular complexity index is 315. The van der Waals surface area contributed by atoms with Gasteiger partial charge < -0.3 is 10.1 Å². The Hall–Kier alpha value is -0.420. The lowest BCUT2D eigenvalue weighted by Crippen LogP contribution is -2.40. The first-order chi connectivity index (χ1) is 8.66. The second-order valence-electron chi connectivity index (χ2n) is 5.33. The molecule has 1 amide bonds. The van der Waals surface area contributed by atoms with Crippen LogP contribution in [0.15, 0.2) is 0 Å². The molecule has 0 radical (unpaired) electrons. The molecular formula is C13H23NO3S. The Balaban J connectivity index is 1.74. The third-order valence-corrected chi connectivity index (χ3v) is 5.73. The molecule has 104 valence electrons. The Labute approximate surface area is 111 Å². The van der Waals surface area contributed by atoms with Crippen molar-refractivity contribution in [3.8, 4) is 0 Å². The molecule has 1 saturated heterocycles. The predicted molar refractivity (Wildman–Crippen MR) is 71.8 cm³/mol. The monoisotopic (exact) mass is 273 g/mol. The zero-order valence-electron chi connectivity index (χ0n) is 11.0. The number of carbonyl (C=O) groups is 1. The smallest absolute Gasteiger partial charge is 0.232 e. The Morgan fingerprint density at radius 1 is 1.28 bits per heavy atom. The van der Waals surface area contributed by atoms with Gasteiger partial charge in [0.25, 0.3) is 0 Å². The summed E-state index contributed by atoms with van der Waals surface area (Å²) >= 11 is 0. The molecule has 0 aromatic rings. The van der Waals surface area contributed by atoms with Crippen molar-refractivity contribution in [1.29, 1.82) is 0 Å². The maximum absolute atomic E-state index is 12.1. The fourth-order valence-electron chi connectivity index (χ4n) is 2.81. The van der Waals surface area contributed by atoms with Gasteiger partial charge in [-0.05, 0) is 26.2 Å². The van der Waals surface area contributed by atoms with Crippen molar-refractivity contribution < 1.29 is 13.7 Å². The van der Waals surface area contributed by atoms with Crippen LogP contribution >= 0.6 is 0 Å². The van der Waals surface area contributed by atoms with Gasteiger partial charge in [-0.15, -0.1) is 0 Å². The maximum atomic E-state index is 12.1. The molecule has 1 aliphatic carbocycles. The Morgan fingerprint density at radius 3 is 2.61 bits per heavy atom. The van der Waals surface area contributed by atoms with Crippen LogP contribution in [0.3, 0.4) is 0 Å². The van der Waals surface area contributed by atoms with Crippen LogP contribution < -0.4 is 5.32 Å². The summed E-state index contributed by atoms with van der Waals surface area (Å²) in [6.07, 6.45) is 6.64. The van der Waals surface area contributed by atoms with E-state index in [4.69, 9.17) is 4.74 Å². The molecule has 0 aromatic carbocycles. The van der Waals surface area contributed by atoms with Gasteiger partial charge in [0.2, 0.25) is 5.91 Å². The summed E-state index contributed by atoms with van der Waals surface area (Å²) in [6.45, 7) is 2.61. The van der Waals surface area contributed by atoms with Crippen molar-refractivity contribution in [2.24, 2.45) is 0 Å². The normalized spacial score (nSPS) is 31.2. The lowest BCUT2D eigenvalue weighted by atomic mass is 9.95. The van der Waals surface area contributed by atoms with Crippen LogP contribution in [0.2, 0.25) is 0 Å². The van der Waals surface area contributed by atoms with Gasteiger partial charge in [-0.2, -0.15) is 0 Å². The van der Waals surface area contributed by atoms with Gasteiger partial charge in [-0.1, -0.05) is 19.3 Å². The molecule has 18 heavy (non-hydrogen) atoms. The van der Waals surface area contributed by atoms with E-state index in [9.17, 15) is 9.00 Å². The summed E-state index contributed by atoms with van der Waals surface area (Å²) in [7, 11) is -1.10. The number of nitrogens with one attached hydrogen (secondary N) is 1. The van der Waals surface area contributed by atoms with Crippen molar-refractivity contribution in [3.05, 3.63) is 0 Å². The van der Waals surface area contributed by atoms with Gasteiger partial charge >= 0.3 is 0 Å². The zero-order valence-corrected chi connectivity index (χ0v) is 11.8. The van der Waals surface area contributed by atoms with E-state index in [0.29, 0.717) is 12.6 Å². The van der Waals surface area contributed by atoms with E-state index in [1.165, 1.54) is 19.3 Å². The van der Waals surface area contributed by atoms with Gasteiger partial charge in [0.1, 0.15) is 5.75 Å². The van der Waals surface area contributed by atoms with E-state index < -0.39 is 10.8 Å². The van der Waals surface area contributed by atoms with Crippen LogP contribution in [-0.4, -0.2) is 39.9 Å². The van der Waals surface area contributed by atoms with Crippen LogP contribution in [-0.2, 0) is 20.3 Å². The molecule has 3 atom stereocenters. The standard InChI is InChI=1S/C13H23NO3S/c1-10-12(7-8-17-10)18(16)9-13(15)14-11-5-3-2-4-6-11/h10-12H,2-9H2,1H3,(H,14,15)/t10-,12-,18-/m0/s1. The van der Waals surface area contributed by atoms with Crippen LogP contribution in [0.1, 0.15) is 45.4 Å². The van der Waals surface area contributed by atoms with Crippen LogP contribution in [0.25, 0.3) is 0 Å². The molecule has 0 bridgehead atoms. The van der Waals surface area contributed by atoms with Crippen molar-refractivity contribution in [2.45, 2.75) is 62.8 Å². The highest BCUT2D eigenvalue weighted by Crippen LogP contribution is 2.19. The molecule has 0 aromatic heterocycles. The van der Waals surface area contributed by atoms with Crippen LogP contribution in [0.4, 0.5) is 0 Å². The maximum Gasteiger partial charge on any atom is 0.232 e. The SMILES string of the molecule is C[C@@H]1OCC[C@@H]1[S@@](=O)CC(=O)NC1CCCCC1. The fraction of sp³-hybridized carbons (Fsp3) is 0.923. The lowest BCUT2D eigenvalue weighted by Gasteiger charge is -2.23. The van der Waals surface area contributed by atoms with Gasteiger partial charge in [-0.25, -0.2) is 0 Å². The minimum Gasteiger partial charge on any atom is -0.377 e. The summed E-state index contributed by atoms with van der Waals surface area (Å²) in [6, 6.07) is 0.306. The third kappa shape index (κ3) is 3.79. The molecule has 1 N–H and O–H groups in total. The third-order valence-electron chi connectivity index (χ3n) is 3.89. The topological polar surface area (TPSA) is 55.4 Å². The van der Waals surface area contributed by atoms with Gasteiger partial charge in [-0.3, -0.25) is 9.00 Å². The van der Waals surface area contributed by atoms with E-state index >= 15 is 0 Å². The Morgan fingerprint density at radius 2 is 2.00 bits per heavy atom. The summed E-state index contributed by atoms with van der Waals surface area (Å²) in [4.78, 5) is 11.8. The average Bonchev–Trinajstić information content (AvgIpc) is 2.76. The summed E-state index contributed by atoms with van der Waals surface area (Å²) in [5, 5.41) is 3.04. The van der Waals surface area contributed by atoms with Gasteiger partial charge in [0.05, 0.1) is 11.4 Å². The quantitative estimate of drug-likeness (QED) is 0.841. The lowest BCUT2D eigenvalue weighted by molar-refractivity contribution is -0.119. The first-order valence-electron chi connectivity index (χ1n) is 6.95.